The normalized spacial score (nSPS) is 17.6. The fraction of sp³-hybridized carbons (Fsp3) is 0.323. The molecule has 210 valence electrons. The Bertz CT molecular complexity index is 1270. The van der Waals surface area contributed by atoms with E-state index in [9.17, 15) is 18.0 Å². The molecule has 1 N–H and O–H groups in total. The summed E-state index contributed by atoms with van der Waals surface area (Å²) in [5, 5.41) is 7.12. The number of carboxylic acids is 1. The van der Waals surface area contributed by atoms with Gasteiger partial charge in [0.15, 0.2) is 5.54 Å². The van der Waals surface area contributed by atoms with Crippen LogP contribution in [-0.2, 0) is 21.5 Å². The molecule has 0 aromatic heterocycles. The largest absolute Gasteiger partial charge is 0.490 e. The van der Waals surface area contributed by atoms with Crippen LogP contribution in [0.15, 0.2) is 96.0 Å². The van der Waals surface area contributed by atoms with Crippen LogP contribution in [0.5, 0.6) is 0 Å². The highest BCUT2D eigenvalue weighted by Gasteiger charge is 2.51. The monoisotopic (exact) mass is 551 g/mol. The quantitative estimate of drug-likeness (QED) is 0.437. The molecular weight excluding hydrogens is 519 g/mol. The van der Waals surface area contributed by atoms with Crippen LogP contribution >= 0.6 is 0 Å². The minimum atomic E-state index is -5.08. The number of aliphatic imine (C=N–C) groups is 1. The first-order valence-electron chi connectivity index (χ1n) is 13.2. The minimum Gasteiger partial charge on any atom is -0.475 e. The molecule has 2 aliphatic rings. The predicted molar refractivity (Wildman–Crippen MR) is 147 cm³/mol. The van der Waals surface area contributed by atoms with Crippen molar-refractivity contribution in [1.29, 1.82) is 0 Å². The zero-order valence-electron chi connectivity index (χ0n) is 22.2. The van der Waals surface area contributed by atoms with Crippen molar-refractivity contribution >= 4 is 17.7 Å². The fourth-order valence-electron chi connectivity index (χ4n) is 5.33. The van der Waals surface area contributed by atoms with E-state index in [1.165, 1.54) is 5.56 Å². The number of carboxylic acid groups (broad SMARTS) is 1. The zero-order valence-corrected chi connectivity index (χ0v) is 22.2. The van der Waals surface area contributed by atoms with Gasteiger partial charge in [0, 0.05) is 25.7 Å². The molecule has 2 aliphatic heterocycles. The maximum atomic E-state index is 14.1. The Labute approximate surface area is 231 Å². The molecule has 1 amide bonds. The number of rotatable bonds is 6. The summed E-state index contributed by atoms with van der Waals surface area (Å²) in [6.07, 6.45) is -2.06. The van der Waals surface area contributed by atoms with Crippen LogP contribution < -0.4 is 0 Å². The zero-order chi connectivity index (χ0) is 28.8. The number of benzene rings is 3. The van der Waals surface area contributed by atoms with Gasteiger partial charge in [-0.15, -0.1) is 0 Å². The van der Waals surface area contributed by atoms with Crippen molar-refractivity contribution in [3.63, 3.8) is 0 Å². The minimum absolute atomic E-state index is 0.0835. The third kappa shape index (κ3) is 6.42. The van der Waals surface area contributed by atoms with Crippen LogP contribution in [0.3, 0.4) is 0 Å². The number of hydrogen-bond donors (Lipinski definition) is 1. The molecule has 40 heavy (non-hydrogen) atoms. The van der Waals surface area contributed by atoms with Crippen molar-refractivity contribution in [2.45, 2.75) is 43.9 Å². The van der Waals surface area contributed by atoms with Crippen molar-refractivity contribution in [2.24, 2.45) is 4.99 Å². The molecule has 6 nitrogen and oxygen atoms in total. The SMILES string of the molecule is CC1=NC(c2ccccc2)(c2ccccc2)C(=O)N1C1CCN(CCc2ccccc2)CC1.O=C(O)C(F)(F)F. The molecular formula is C31H32F3N3O3. The number of carbonyl (C=O) groups excluding carboxylic acids is 1. The predicted octanol–water partition coefficient (Wildman–Crippen LogP) is 5.53. The Kier molecular flexibility index (Phi) is 9.04. The van der Waals surface area contributed by atoms with Crippen LogP contribution in [0.4, 0.5) is 13.2 Å². The summed E-state index contributed by atoms with van der Waals surface area (Å²) in [4.78, 5) is 32.6. The van der Waals surface area contributed by atoms with E-state index in [0.717, 1.165) is 55.9 Å². The Morgan fingerprint density at radius 1 is 0.900 bits per heavy atom. The molecule has 2 heterocycles. The van der Waals surface area contributed by atoms with Crippen molar-refractivity contribution in [3.8, 4) is 0 Å². The molecule has 0 radical (unpaired) electrons. The number of amides is 1. The van der Waals surface area contributed by atoms with Crippen molar-refractivity contribution in [1.82, 2.24) is 9.80 Å². The van der Waals surface area contributed by atoms with Gasteiger partial charge in [-0.2, -0.15) is 13.2 Å². The number of carbonyl (C=O) groups is 2. The molecule has 5 rings (SSSR count). The van der Waals surface area contributed by atoms with Crippen LogP contribution in [-0.4, -0.2) is 64.5 Å². The molecule has 0 aliphatic carbocycles. The summed E-state index contributed by atoms with van der Waals surface area (Å²) >= 11 is 0. The van der Waals surface area contributed by atoms with E-state index in [0.29, 0.717) is 0 Å². The van der Waals surface area contributed by atoms with E-state index in [1.54, 1.807) is 0 Å². The second-order valence-corrected chi connectivity index (χ2v) is 9.89. The Morgan fingerprint density at radius 2 is 1.35 bits per heavy atom. The highest BCUT2D eigenvalue weighted by molar-refractivity contribution is 6.10. The fourth-order valence-corrected chi connectivity index (χ4v) is 5.33. The van der Waals surface area contributed by atoms with Crippen LogP contribution in [0.2, 0.25) is 0 Å². The van der Waals surface area contributed by atoms with Crippen molar-refractivity contribution < 1.29 is 27.9 Å². The Balaban J connectivity index is 0.000000470. The molecule has 9 heteroatoms. The van der Waals surface area contributed by atoms with Gasteiger partial charge in [0.1, 0.15) is 5.84 Å². The molecule has 1 fully saturated rings. The summed E-state index contributed by atoms with van der Waals surface area (Å²) < 4.78 is 31.7. The number of hydrogen-bond acceptors (Lipinski definition) is 4. The van der Waals surface area contributed by atoms with E-state index in [4.69, 9.17) is 14.9 Å². The van der Waals surface area contributed by atoms with Gasteiger partial charge in [-0.25, -0.2) is 9.79 Å². The van der Waals surface area contributed by atoms with Gasteiger partial charge in [0.25, 0.3) is 5.91 Å². The van der Waals surface area contributed by atoms with Crippen molar-refractivity contribution in [2.75, 3.05) is 19.6 Å². The average molecular weight is 552 g/mol. The first-order chi connectivity index (χ1) is 19.1. The smallest absolute Gasteiger partial charge is 0.475 e. The first-order valence-corrected chi connectivity index (χ1v) is 13.2. The standard InChI is InChI=1S/C29H31N3O.C2HF3O2/c1-23-30-29(25-13-7-3-8-14-25,26-15-9-4-10-16-26)28(33)32(23)27-18-21-31(22-19-27)20-17-24-11-5-2-6-12-24;3-2(4,5)1(6)7/h2-16,27H,17-22H2,1H3;(H,6,7). The molecule has 0 atom stereocenters. The van der Waals surface area contributed by atoms with E-state index >= 15 is 0 Å². The van der Waals surface area contributed by atoms with Crippen LogP contribution in [0.25, 0.3) is 0 Å². The molecule has 3 aromatic carbocycles. The van der Waals surface area contributed by atoms with E-state index in [1.807, 2.05) is 72.5 Å². The number of halogens is 3. The highest BCUT2D eigenvalue weighted by atomic mass is 19.4. The number of likely N-dealkylation sites (tertiary alicyclic amines) is 1. The van der Waals surface area contributed by atoms with Gasteiger partial charge in [-0.1, -0.05) is 91.0 Å². The summed E-state index contributed by atoms with van der Waals surface area (Å²) in [5.74, 6) is -1.84. The maximum Gasteiger partial charge on any atom is 0.490 e. The lowest BCUT2D eigenvalue weighted by Crippen LogP contribution is -2.50. The third-order valence-corrected chi connectivity index (χ3v) is 7.31. The summed E-state index contributed by atoms with van der Waals surface area (Å²) in [7, 11) is 0. The van der Waals surface area contributed by atoms with Gasteiger partial charge in [0.2, 0.25) is 0 Å². The Morgan fingerprint density at radius 3 is 1.80 bits per heavy atom. The van der Waals surface area contributed by atoms with E-state index in [-0.39, 0.29) is 11.9 Å². The second-order valence-electron chi connectivity index (χ2n) is 9.89. The third-order valence-electron chi connectivity index (χ3n) is 7.31. The number of alkyl halides is 3. The van der Waals surface area contributed by atoms with Gasteiger partial charge in [0.05, 0.1) is 0 Å². The molecule has 0 saturated carbocycles. The number of amidine groups is 1. The average Bonchev–Trinajstić information content (AvgIpc) is 3.24. The summed E-state index contributed by atoms with van der Waals surface area (Å²) in [6, 6.07) is 30.9. The lowest BCUT2D eigenvalue weighted by atomic mass is 9.82. The first kappa shape index (κ1) is 29.0. The van der Waals surface area contributed by atoms with Gasteiger partial charge < -0.3 is 10.0 Å². The van der Waals surface area contributed by atoms with E-state index in [2.05, 4.69) is 35.2 Å². The molecule has 0 bridgehead atoms. The summed E-state index contributed by atoms with van der Waals surface area (Å²) in [5.41, 5.74) is 2.26. The van der Waals surface area contributed by atoms with Gasteiger partial charge in [-0.3, -0.25) is 9.69 Å². The van der Waals surface area contributed by atoms with Gasteiger partial charge in [-0.05, 0) is 42.9 Å². The molecule has 0 spiro atoms. The Hall–Kier alpha value is -3.98. The van der Waals surface area contributed by atoms with Crippen LogP contribution in [0, 0.1) is 0 Å². The van der Waals surface area contributed by atoms with Crippen molar-refractivity contribution in [3.05, 3.63) is 108 Å². The summed E-state index contributed by atoms with van der Waals surface area (Å²) in [6.45, 7) is 5.08. The van der Waals surface area contributed by atoms with Gasteiger partial charge >= 0.3 is 12.1 Å². The highest BCUT2D eigenvalue weighted by Crippen LogP contribution is 2.41. The van der Waals surface area contributed by atoms with E-state index < -0.39 is 17.7 Å². The molecule has 1 saturated heterocycles. The number of nitrogens with zero attached hydrogens (tertiary/aromatic N) is 3. The number of aliphatic carboxylic acids is 1. The molecule has 3 aromatic rings. The lowest BCUT2D eigenvalue weighted by Gasteiger charge is -2.38. The number of piperidine rings is 1. The lowest BCUT2D eigenvalue weighted by molar-refractivity contribution is -0.192. The van der Waals surface area contributed by atoms with Crippen LogP contribution in [0.1, 0.15) is 36.5 Å². The maximum absolute atomic E-state index is 14.1. The second kappa shape index (κ2) is 12.5. The molecule has 0 unspecified atom stereocenters. The topological polar surface area (TPSA) is 73.2 Å².